The molecule has 0 radical (unpaired) electrons. The molecule has 1 heterocycles. The molecule has 0 spiro atoms. The summed E-state index contributed by atoms with van der Waals surface area (Å²) in [5.41, 5.74) is 0.577. The summed E-state index contributed by atoms with van der Waals surface area (Å²) in [6, 6.07) is 11.0. The van der Waals surface area contributed by atoms with E-state index in [2.05, 4.69) is 27.6 Å². The Morgan fingerprint density at radius 3 is 2.27 bits per heavy atom. The number of pyridine rings is 1. The molecule has 0 aliphatic rings. The topological polar surface area (TPSA) is 66.0 Å². The molecule has 0 unspecified atom stereocenters. The number of ether oxygens (including phenoxy) is 1. The van der Waals surface area contributed by atoms with Crippen molar-refractivity contribution in [2.24, 2.45) is 0 Å². The average Bonchev–Trinajstić information content (AvgIpc) is 2.86. The van der Waals surface area contributed by atoms with Crippen molar-refractivity contribution in [2.75, 3.05) is 38.0 Å². The van der Waals surface area contributed by atoms with Gasteiger partial charge < -0.3 is 9.64 Å². The van der Waals surface area contributed by atoms with E-state index in [-0.39, 0.29) is 17.3 Å². The second kappa shape index (κ2) is 11.5. The summed E-state index contributed by atoms with van der Waals surface area (Å²) in [7, 11) is 6.17. The molecular formula is C25H23ClF3IN4O3. The summed E-state index contributed by atoms with van der Waals surface area (Å²) in [6.45, 7) is 0. The molecule has 0 N–H and O–H groups in total. The molecule has 0 atom stereocenters. The van der Waals surface area contributed by atoms with E-state index in [1.807, 2.05) is 0 Å². The predicted octanol–water partition coefficient (Wildman–Crippen LogP) is 6.88. The number of benzene rings is 2. The number of alkyl halides is 4. The van der Waals surface area contributed by atoms with E-state index >= 15 is 0 Å². The van der Waals surface area contributed by atoms with Crippen LogP contribution >= 0.6 is 34.2 Å². The molecule has 7 nitrogen and oxygen atoms in total. The van der Waals surface area contributed by atoms with Crippen LogP contribution in [0.5, 0.6) is 11.5 Å². The second-order valence-corrected chi connectivity index (χ2v) is 9.34. The Morgan fingerprint density at radius 1 is 0.973 bits per heavy atom. The third-order valence-electron chi connectivity index (χ3n) is 5.37. The molecule has 0 saturated carbocycles. The van der Waals surface area contributed by atoms with Crippen LogP contribution in [0.1, 0.15) is 21.6 Å². The van der Waals surface area contributed by atoms with Crippen molar-refractivity contribution in [3.8, 4) is 11.5 Å². The Hall–Kier alpha value is -3.06. The Bertz CT molecular complexity index is 1320. The van der Waals surface area contributed by atoms with Gasteiger partial charge in [-0.3, -0.25) is 19.6 Å². The number of amides is 3. The van der Waals surface area contributed by atoms with Gasteiger partial charge in [0, 0.05) is 56.3 Å². The highest BCUT2D eigenvalue weighted by Crippen LogP contribution is 2.37. The summed E-state index contributed by atoms with van der Waals surface area (Å²) in [5, 5.41) is -0.444. The van der Waals surface area contributed by atoms with E-state index in [1.54, 1.807) is 38.4 Å². The van der Waals surface area contributed by atoms with Gasteiger partial charge in [-0.2, -0.15) is 13.2 Å². The number of carbonyl (C=O) groups is 2. The van der Waals surface area contributed by atoms with Gasteiger partial charge in [0.05, 0.1) is 10.6 Å². The quantitative estimate of drug-likeness (QED) is 0.217. The van der Waals surface area contributed by atoms with Gasteiger partial charge in [0.2, 0.25) is 0 Å². The lowest BCUT2D eigenvalue weighted by molar-refractivity contribution is -0.137. The van der Waals surface area contributed by atoms with Crippen LogP contribution in [0.15, 0.2) is 54.7 Å². The van der Waals surface area contributed by atoms with Crippen molar-refractivity contribution >= 4 is 57.5 Å². The molecule has 37 heavy (non-hydrogen) atoms. The van der Waals surface area contributed by atoms with Crippen molar-refractivity contribution in [1.29, 1.82) is 0 Å². The minimum atomic E-state index is -4.65. The van der Waals surface area contributed by atoms with E-state index in [4.69, 9.17) is 16.3 Å². The first kappa shape index (κ1) is 28.5. The third kappa shape index (κ3) is 6.63. The smallest absolute Gasteiger partial charge is 0.417 e. The van der Waals surface area contributed by atoms with E-state index in [0.29, 0.717) is 21.6 Å². The highest BCUT2D eigenvalue weighted by molar-refractivity contribution is 14.1. The normalized spacial score (nSPS) is 11.2. The Balaban J connectivity index is 1.84. The number of carbonyl (C=O) groups excluding carboxylic acids is 2. The highest BCUT2D eigenvalue weighted by atomic mass is 127. The van der Waals surface area contributed by atoms with Crippen LogP contribution in [-0.2, 0) is 10.6 Å². The lowest BCUT2D eigenvalue weighted by Crippen LogP contribution is -2.39. The van der Waals surface area contributed by atoms with Gasteiger partial charge >= 0.3 is 12.2 Å². The molecule has 2 aromatic carbocycles. The maximum absolute atomic E-state index is 13.3. The number of rotatable bonds is 6. The van der Waals surface area contributed by atoms with Gasteiger partial charge in [0.15, 0.2) is 0 Å². The van der Waals surface area contributed by atoms with Crippen LogP contribution in [0.25, 0.3) is 0 Å². The van der Waals surface area contributed by atoms with Crippen molar-refractivity contribution in [3.05, 3.63) is 76.6 Å². The zero-order chi connectivity index (χ0) is 27.5. The van der Waals surface area contributed by atoms with E-state index in [9.17, 15) is 22.8 Å². The number of hydrogen-bond donors (Lipinski definition) is 0. The first-order valence-electron chi connectivity index (χ1n) is 10.8. The molecule has 0 aliphatic carbocycles. The molecule has 196 valence electrons. The molecule has 3 rings (SSSR count). The number of urea groups is 1. The average molecular weight is 647 g/mol. The van der Waals surface area contributed by atoms with Gasteiger partial charge in [-0.1, -0.05) is 34.2 Å². The van der Waals surface area contributed by atoms with Crippen LogP contribution in [0.3, 0.4) is 0 Å². The lowest BCUT2D eigenvalue weighted by Gasteiger charge is -2.27. The van der Waals surface area contributed by atoms with Crippen LogP contribution in [0.4, 0.5) is 29.3 Å². The molecule has 0 aliphatic heterocycles. The SMILES string of the molecule is CN(C)C(=O)c1cc(Oc2ccc(N(C)C(=O)N(C)c3ccc(Cl)c(C(F)(F)F)c3)c(CI)c2)ccn1. The number of hydrogen-bond acceptors (Lipinski definition) is 4. The Labute approximate surface area is 230 Å². The zero-order valence-electron chi connectivity index (χ0n) is 20.3. The van der Waals surface area contributed by atoms with Crippen molar-refractivity contribution < 1.29 is 27.5 Å². The minimum Gasteiger partial charge on any atom is -0.457 e. The zero-order valence-corrected chi connectivity index (χ0v) is 23.2. The highest BCUT2D eigenvalue weighted by Gasteiger charge is 2.34. The number of nitrogens with zero attached hydrogens (tertiary/aromatic N) is 4. The van der Waals surface area contributed by atoms with Gasteiger partial charge in [-0.05, 0) is 48.0 Å². The van der Waals surface area contributed by atoms with Crippen LogP contribution in [0, 0.1) is 0 Å². The van der Waals surface area contributed by atoms with Crippen molar-refractivity contribution in [3.63, 3.8) is 0 Å². The number of aromatic nitrogens is 1. The molecule has 0 saturated heterocycles. The molecule has 0 bridgehead atoms. The second-order valence-electron chi connectivity index (χ2n) is 8.17. The number of halogens is 5. The van der Waals surface area contributed by atoms with E-state index in [0.717, 1.165) is 22.6 Å². The maximum atomic E-state index is 13.3. The van der Waals surface area contributed by atoms with Gasteiger partial charge in [-0.25, -0.2) is 4.79 Å². The monoisotopic (exact) mass is 646 g/mol. The van der Waals surface area contributed by atoms with Crippen LogP contribution in [0.2, 0.25) is 5.02 Å². The Kier molecular flexibility index (Phi) is 8.90. The van der Waals surface area contributed by atoms with E-state index in [1.165, 1.54) is 42.2 Å². The van der Waals surface area contributed by atoms with Crippen molar-refractivity contribution in [1.82, 2.24) is 9.88 Å². The van der Waals surface area contributed by atoms with Gasteiger partial charge in [-0.15, -0.1) is 0 Å². The van der Waals surface area contributed by atoms with Gasteiger partial charge in [0.25, 0.3) is 5.91 Å². The molecule has 0 fully saturated rings. The van der Waals surface area contributed by atoms with E-state index < -0.39 is 22.8 Å². The Morgan fingerprint density at radius 2 is 1.65 bits per heavy atom. The standard InChI is InChI=1S/C25H23ClF3IN4O3/c1-32(2)23(35)21-13-18(9-10-31-21)37-17-6-8-22(15(11-17)14-30)34(4)24(36)33(3)16-5-7-20(26)19(12-16)25(27,28)29/h5-13H,14H2,1-4H3. The third-order valence-corrected chi connectivity index (χ3v) is 6.52. The summed E-state index contributed by atoms with van der Waals surface area (Å²) in [6.07, 6.45) is -3.18. The first-order chi connectivity index (χ1) is 17.3. The predicted molar refractivity (Wildman–Crippen MR) is 145 cm³/mol. The summed E-state index contributed by atoms with van der Waals surface area (Å²) < 4.78 is 46.3. The fourth-order valence-corrected chi connectivity index (χ4v) is 4.23. The van der Waals surface area contributed by atoms with Crippen LogP contribution < -0.4 is 14.5 Å². The summed E-state index contributed by atoms with van der Waals surface area (Å²) in [4.78, 5) is 33.3. The first-order valence-corrected chi connectivity index (χ1v) is 12.7. The van der Waals surface area contributed by atoms with Crippen LogP contribution in [-0.4, -0.2) is 50.0 Å². The minimum absolute atomic E-state index is 0.0466. The summed E-state index contributed by atoms with van der Waals surface area (Å²) in [5.74, 6) is 0.632. The summed E-state index contributed by atoms with van der Waals surface area (Å²) >= 11 is 7.85. The molecule has 1 aromatic heterocycles. The number of anilines is 2. The maximum Gasteiger partial charge on any atom is 0.417 e. The molecule has 3 amide bonds. The van der Waals surface area contributed by atoms with Gasteiger partial charge in [0.1, 0.15) is 17.2 Å². The molecule has 12 heteroatoms. The van der Waals surface area contributed by atoms with Crippen molar-refractivity contribution in [2.45, 2.75) is 10.6 Å². The molecular weight excluding hydrogens is 624 g/mol. The molecule has 3 aromatic rings. The lowest BCUT2D eigenvalue weighted by atomic mass is 10.1. The fraction of sp³-hybridized carbons (Fsp3) is 0.240. The fourth-order valence-electron chi connectivity index (χ4n) is 3.39. The largest absolute Gasteiger partial charge is 0.457 e.